The van der Waals surface area contributed by atoms with E-state index in [0.29, 0.717) is 5.75 Å². The first-order valence-corrected chi connectivity index (χ1v) is 11.6. The largest absolute Gasteiger partial charge is 0.481 e. The molecule has 0 saturated carbocycles. The smallest absolute Gasteiger partial charge is 0.326 e. The molecule has 0 heterocycles. The lowest BCUT2D eigenvalue weighted by atomic mass is 10.0. The molecule has 0 bridgehead atoms. The molecule has 0 spiro atoms. The number of nitrogens with one attached hydrogen (secondary N) is 3. The number of carbonyl (C=O) groups is 6. The fourth-order valence-electron chi connectivity index (χ4n) is 2.73. The van der Waals surface area contributed by atoms with Crippen LogP contribution in [0.15, 0.2) is 0 Å². The van der Waals surface area contributed by atoms with Crippen LogP contribution in [0.4, 0.5) is 0 Å². The Bertz CT molecular complexity index is 733. The number of hydrogen-bond acceptors (Lipinski definition) is 8. The van der Waals surface area contributed by atoms with Gasteiger partial charge in [-0.25, -0.2) is 4.79 Å². The second-order valence-electron chi connectivity index (χ2n) is 7.81. The van der Waals surface area contributed by atoms with E-state index in [0.717, 1.165) is 0 Å². The minimum atomic E-state index is -1.59. The Balaban J connectivity index is 5.50. The Morgan fingerprint density at radius 1 is 0.848 bits per heavy atom. The standard InChI is InChI=1S/C19H33N5O8S/c1-9(2)6-10(20)16(28)23-13(8-15(26)27)18(30)24-12(7-14(21)25)17(29)22-11(19(31)32)4-5-33-3/h9-13H,4-8,20H2,1-3H3,(H2,21,25)(H,22,29)(H,23,28)(H,24,30)(H,26,27)(H,31,32). The zero-order chi connectivity index (χ0) is 25.7. The third-order valence-corrected chi connectivity index (χ3v) is 4.98. The number of aliphatic carboxylic acids is 2. The fourth-order valence-corrected chi connectivity index (χ4v) is 3.20. The molecule has 4 unspecified atom stereocenters. The molecule has 0 fully saturated rings. The fraction of sp³-hybridized carbons (Fsp3) is 0.684. The molecule has 9 N–H and O–H groups in total. The van der Waals surface area contributed by atoms with Gasteiger partial charge in [-0.1, -0.05) is 13.8 Å². The molecule has 0 aromatic carbocycles. The molecule has 0 aliphatic heterocycles. The van der Waals surface area contributed by atoms with Crippen LogP contribution in [0, 0.1) is 5.92 Å². The Morgan fingerprint density at radius 2 is 1.33 bits per heavy atom. The van der Waals surface area contributed by atoms with E-state index in [1.165, 1.54) is 11.8 Å². The van der Waals surface area contributed by atoms with Gasteiger partial charge in [0.1, 0.15) is 18.1 Å². The molecular weight excluding hydrogens is 458 g/mol. The van der Waals surface area contributed by atoms with Crippen LogP contribution in [-0.2, 0) is 28.8 Å². The van der Waals surface area contributed by atoms with E-state index in [9.17, 15) is 33.9 Å². The molecule has 0 radical (unpaired) electrons. The van der Waals surface area contributed by atoms with Crippen molar-refractivity contribution in [3.8, 4) is 0 Å². The summed E-state index contributed by atoms with van der Waals surface area (Å²) in [4.78, 5) is 71.4. The molecule has 13 nitrogen and oxygen atoms in total. The Kier molecular flexibility index (Phi) is 13.7. The topological polar surface area (TPSA) is 231 Å². The van der Waals surface area contributed by atoms with Crippen molar-refractivity contribution in [1.82, 2.24) is 16.0 Å². The summed E-state index contributed by atoms with van der Waals surface area (Å²) < 4.78 is 0. The maximum atomic E-state index is 12.7. The summed E-state index contributed by atoms with van der Waals surface area (Å²) in [6, 6.07) is -5.45. The van der Waals surface area contributed by atoms with Gasteiger partial charge < -0.3 is 37.6 Å². The van der Waals surface area contributed by atoms with E-state index in [2.05, 4.69) is 16.0 Å². The van der Waals surface area contributed by atoms with E-state index in [-0.39, 0.29) is 18.8 Å². The summed E-state index contributed by atoms with van der Waals surface area (Å²) in [7, 11) is 0. The number of carboxylic acid groups (broad SMARTS) is 2. The van der Waals surface area contributed by atoms with Gasteiger partial charge in [-0.2, -0.15) is 11.8 Å². The summed E-state index contributed by atoms with van der Waals surface area (Å²) in [5, 5.41) is 25.0. The first-order valence-electron chi connectivity index (χ1n) is 10.2. The minimum Gasteiger partial charge on any atom is -0.481 e. The van der Waals surface area contributed by atoms with Gasteiger partial charge in [0.05, 0.1) is 18.9 Å². The van der Waals surface area contributed by atoms with Crippen molar-refractivity contribution < 1.29 is 39.0 Å². The van der Waals surface area contributed by atoms with Crippen LogP contribution in [-0.4, -0.2) is 82.0 Å². The molecule has 0 saturated heterocycles. The zero-order valence-electron chi connectivity index (χ0n) is 18.8. The van der Waals surface area contributed by atoms with Crippen molar-refractivity contribution >= 4 is 47.3 Å². The molecule has 0 aliphatic rings. The van der Waals surface area contributed by atoms with Crippen LogP contribution in [0.5, 0.6) is 0 Å². The Hall–Kier alpha value is -2.87. The predicted octanol–water partition coefficient (Wildman–Crippen LogP) is -2.00. The quantitative estimate of drug-likeness (QED) is 0.125. The number of primary amides is 1. The second kappa shape index (κ2) is 15.1. The van der Waals surface area contributed by atoms with E-state index < -0.39 is 72.6 Å². The van der Waals surface area contributed by atoms with Crippen molar-refractivity contribution in [3.63, 3.8) is 0 Å². The molecule has 4 atom stereocenters. The van der Waals surface area contributed by atoms with Crippen molar-refractivity contribution in [3.05, 3.63) is 0 Å². The lowest BCUT2D eigenvalue weighted by Gasteiger charge is -2.24. The molecule has 0 aromatic heterocycles. The monoisotopic (exact) mass is 491 g/mol. The highest BCUT2D eigenvalue weighted by Crippen LogP contribution is 2.06. The number of thioether (sulfide) groups is 1. The molecule has 33 heavy (non-hydrogen) atoms. The van der Waals surface area contributed by atoms with Gasteiger partial charge in [0.25, 0.3) is 0 Å². The SMILES string of the molecule is CSCCC(NC(=O)C(CC(N)=O)NC(=O)C(CC(=O)O)NC(=O)C(N)CC(C)C)C(=O)O. The number of hydrogen-bond donors (Lipinski definition) is 7. The van der Waals surface area contributed by atoms with Gasteiger partial charge in [-0.05, 0) is 30.8 Å². The summed E-state index contributed by atoms with van der Waals surface area (Å²) in [5.74, 6) is -6.02. The number of carboxylic acids is 2. The van der Waals surface area contributed by atoms with Crippen molar-refractivity contribution in [2.45, 2.75) is 63.7 Å². The number of nitrogens with two attached hydrogens (primary N) is 2. The van der Waals surface area contributed by atoms with E-state index in [4.69, 9.17) is 16.6 Å². The highest BCUT2D eigenvalue weighted by Gasteiger charge is 2.32. The van der Waals surface area contributed by atoms with Gasteiger partial charge in [-0.3, -0.25) is 24.0 Å². The van der Waals surface area contributed by atoms with Gasteiger partial charge in [0.2, 0.25) is 23.6 Å². The number of rotatable bonds is 16. The first-order chi connectivity index (χ1) is 15.3. The normalized spacial score (nSPS) is 14.5. The summed E-state index contributed by atoms with van der Waals surface area (Å²) in [6.07, 6.45) is 0.633. The molecule has 14 heteroatoms. The van der Waals surface area contributed by atoms with Crippen molar-refractivity contribution in [1.29, 1.82) is 0 Å². The average Bonchev–Trinajstić information content (AvgIpc) is 2.68. The predicted molar refractivity (Wildman–Crippen MR) is 120 cm³/mol. The molecule has 0 aromatic rings. The Labute approximate surface area is 195 Å². The van der Waals surface area contributed by atoms with Gasteiger partial charge >= 0.3 is 11.9 Å². The van der Waals surface area contributed by atoms with Crippen LogP contribution in [0.25, 0.3) is 0 Å². The van der Waals surface area contributed by atoms with Crippen LogP contribution in [0.3, 0.4) is 0 Å². The van der Waals surface area contributed by atoms with Gasteiger partial charge in [-0.15, -0.1) is 0 Å². The highest BCUT2D eigenvalue weighted by atomic mass is 32.2. The minimum absolute atomic E-state index is 0.0643. The van der Waals surface area contributed by atoms with Crippen molar-refractivity contribution in [2.24, 2.45) is 17.4 Å². The van der Waals surface area contributed by atoms with Gasteiger partial charge in [0, 0.05) is 0 Å². The van der Waals surface area contributed by atoms with Crippen molar-refractivity contribution in [2.75, 3.05) is 12.0 Å². The van der Waals surface area contributed by atoms with Gasteiger partial charge in [0.15, 0.2) is 0 Å². The molecule has 0 rings (SSSR count). The first kappa shape index (κ1) is 30.1. The number of carbonyl (C=O) groups excluding carboxylic acids is 4. The van der Waals surface area contributed by atoms with Crippen LogP contribution in [0.2, 0.25) is 0 Å². The lowest BCUT2D eigenvalue weighted by molar-refractivity contribution is -0.143. The molecule has 0 aliphatic carbocycles. The lowest BCUT2D eigenvalue weighted by Crippen LogP contribution is -2.58. The summed E-state index contributed by atoms with van der Waals surface area (Å²) in [5.41, 5.74) is 10.9. The van der Waals surface area contributed by atoms with E-state index in [1.807, 2.05) is 13.8 Å². The molecule has 4 amide bonds. The highest BCUT2D eigenvalue weighted by molar-refractivity contribution is 7.98. The van der Waals surface area contributed by atoms with E-state index >= 15 is 0 Å². The second-order valence-corrected chi connectivity index (χ2v) is 8.79. The molecule has 188 valence electrons. The van der Waals surface area contributed by atoms with Crippen LogP contribution >= 0.6 is 11.8 Å². The maximum Gasteiger partial charge on any atom is 0.326 e. The third-order valence-electron chi connectivity index (χ3n) is 4.34. The summed E-state index contributed by atoms with van der Waals surface area (Å²) >= 11 is 1.36. The zero-order valence-corrected chi connectivity index (χ0v) is 19.6. The van der Waals surface area contributed by atoms with Crippen LogP contribution < -0.4 is 27.4 Å². The Morgan fingerprint density at radius 3 is 1.76 bits per heavy atom. The number of amides is 4. The van der Waals surface area contributed by atoms with E-state index in [1.54, 1.807) is 6.26 Å². The molecular formula is C19H33N5O8S. The maximum absolute atomic E-state index is 12.7. The summed E-state index contributed by atoms with van der Waals surface area (Å²) in [6.45, 7) is 3.65. The third kappa shape index (κ3) is 12.7. The average molecular weight is 492 g/mol. The van der Waals surface area contributed by atoms with Crippen LogP contribution in [0.1, 0.15) is 39.5 Å².